The summed E-state index contributed by atoms with van der Waals surface area (Å²) in [5.74, 6) is 3.18. The van der Waals surface area contributed by atoms with E-state index in [2.05, 4.69) is 15.3 Å². The molecular formula is C11H17N3S. The molecule has 0 bridgehead atoms. The van der Waals surface area contributed by atoms with E-state index in [1.165, 1.54) is 25.0 Å². The largest absolute Gasteiger partial charge is 0.373 e. The van der Waals surface area contributed by atoms with Crippen LogP contribution in [-0.4, -0.2) is 22.8 Å². The predicted molar refractivity (Wildman–Crippen MR) is 65.4 cm³/mol. The minimum atomic E-state index is 0.505. The Bertz CT molecular complexity index is 335. The van der Waals surface area contributed by atoms with Gasteiger partial charge in [0, 0.05) is 18.8 Å². The first-order chi connectivity index (χ1) is 7.29. The van der Waals surface area contributed by atoms with Crippen molar-refractivity contribution in [3.8, 4) is 0 Å². The van der Waals surface area contributed by atoms with Crippen LogP contribution in [0.25, 0.3) is 0 Å². The highest BCUT2D eigenvalue weighted by molar-refractivity contribution is 7.99. The molecule has 1 aliphatic rings. The van der Waals surface area contributed by atoms with Gasteiger partial charge in [-0.25, -0.2) is 9.97 Å². The summed E-state index contributed by atoms with van der Waals surface area (Å²) in [5.41, 5.74) is 1.05. The first-order valence-corrected chi connectivity index (χ1v) is 6.49. The lowest BCUT2D eigenvalue weighted by Gasteiger charge is -2.20. The highest BCUT2D eigenvalue weighted by Crippen LogP contribution is 2.36. The number of thioether (sulfide) groups is 1. The summed E-state index contributed by atoms with van der Waals surface area (Å²) in [5, 5.41) is 3.59. The van der Waals surface area contributed by atoms with Crippen molar-refractivity contribution in [2.24, 2.45) is 0 Å². The third kappa shape index (κ3) is 2.62. The summed E-state index contributed by atoms with van der Waals surface area (Å²) in [7, 11) is 1.90. The van der Waals surface area contributed by atoms with Gasteiger partial charge in [-0.05, 0) is 25.5 Å². The highest BCUT2D eigenvalue weighted by atomic mass is 32.2. The normalized spacial score (nSPS) is 21.3. The molecule has 3 nitrogen and oxygen atoms in total. The molecule has 1 aliphatic heterocycles. The molecule has 0 amide bonds. The number of aryl methyl sites for hydroxylation is 1. The maximum atomic E-state index is 4.53. The van der Waals surface area contributed by atoms with E-state index in [-0.39, 0.29) is 0 Å². The molecule has 2 heterocycles. The summed E-state index contributed by atoms with van der Waals surface area (Å²) >= 11 is 1.99. The molecule has 2 rings (SSSR count). The Labute approximate surface area is 95.1 Å². The van der Waals surface area contributed by atoms with Crippen LogP contribution in [0.3, 0.4) is 0 Å². The van der Waals surface area contributed by atoms with Gasteiger partial charge >= 0.3 is 0 Å². The van der Waals surface area contributed by atoms with Crippen molar-refractivity contribution in [2.45, 2.75) is 31.4 Å². The quantitative estimate of drug-likeness (QED) is 0.836. The molecule has 0 aliphatic carbocycles. The SMILES string of the molecule is CNc1cc(C)nc(C2CCCCS2)n1. The van der Waals surface area contributed by atoms with Crippen molar-refractivity contribution in [3.63, 3.8) is 0 Å². The van der Waals surface area contributed by atoms with Crippen LogP contribution >= 0.6 is 11.8 Å². The van der Waals surface area contributed by atoms with Gasteiger partial charge < -0.3 is 5.32 Å². The van der Waals surface area contributed by atoms with Gasteiger partial charge in [-0.15, -0.1) is 0 Å². The first-order valence-electron chi connectivity index (χ1n) is 5.44. The Balaban J connectivity index is 2.22. The first kappa shape index (κ1) is 10.7. The Morgan fingerprint density at radius 1 is 1.40 bits per heavy atom. The van der Waals surface area contributed by atoms with E-state index in [9.17, 15) is 0 Å². The summed E-state index contributed by atoms with van der Waals surface area (Å²) in [6.45, 7) is 2.03. The molecule has 4 heteroatoms. The van der Waals surface area contributed by atoms with E-state index in [4.69, 9.17) is 0 Å². The zero-order valence-electron chi connectivity index (χ0n) is 9.29. The fourth-order valence-electron chi connectivity index (χ4n) is 1.81. The number of nitrogens with zero attached hydrogens (tertiary/aromatic N) is 2. The maximum Gasteiger partial charge on any atom is 0.143 e. The zero-order chi connectivity index (χ0) is 10.7. The van der Waals surface area contributed by atoms with Crippen molar-refractivity contribution >= 4 is 17.6 Å². The van der Waals surface area contributed by atoms with Gasteiger partial charge in [-0.1, -0.05) is 6.42 Å². The summed E-state index contributed by atoms with van der Waals surface area (Å²) in [6.07, 6.45) is 3.87. The van der Waals surface area contributed by atoms with Crippen molar-refractivity contribution < 1.29 is 0 Å². The van der Waals surface area contributed by atoms with Crippen molar-refractivity contribution in [3.05, 3.63) is 17.6 Å². The Kier molecular flexibility index (Phi) is 3.46. The number of nitrogens with one attached hydrogen (secondary N) is 1. The van der Waals surface area contributed by atoms with Crippen LogP contribution < -0.4 is 5.32 Å². The minimum Gasteiger partial charge on any atom is -0.373 e. The third-order valence-electron chi connectivity index (χ3n) is 2.60. The van der Waals surface area contributed by atoms with Gasteiger partial charge in [-0.3, -0.25) is 0 Å². The van der Waals surface area contributed by atoms with Crippen LogP contribution in [0.1, 0.15) is 36.0 Å². The van der Waals surface area contributed by atoms with E-state index in [0.29, 0.717) is 5.25 Å². The molecule has 1 saturated heterocycles. The van der Waals surface area contributed by atoms with E-state index in [1.807, 2.05) is 31.8 Å². The molecule has 0 spiro atoms. The van der Waals surface area contributed by atoms with Crippen LogP contribution in [-0.2, 0) is 0 Å². The van der Waals surface area contributed by atoms with Crippen LogP contribution in [0.15, 0.2) is 6.07 Å². The lowest BCUT2D eigenvalue weighted by atomic mass is 10.2. The standard InChI is InChI=1S/C11H17N3S/c1-8-7-10(12-2)14-11(13-8)9-5-3-4-6-15-9/h7,9H,3-6H2,1-2H3,(H,12,13,14). The molecule has 1 aromatic heterocycles. The average molecular weight is 223 g/mol. The Morgan fingerprint density at radius 2 is 2.27 bits per heavy atom. The van der Waals surface area contributed by atoms with Crippen LogP contribution in [0.2, 0.25) is 0 Å². The van der Waals surface area contributed by atoms with Gasteiger partial charge in [0.05, 0.1) is 5.25 Å². The molecule has 0 radical (unpaired) electrons. The van der Waals surface area contributed by atoms with Gasteiger partial charge in [0.15, 0.2) is 0 Å². The molecule has 1 N–H and O–H groups in total. The lowest BCUT2D eigenvalue weighted by Crippen LogP contribution is -2.08. The number of aromatic nitrogens is 2. The number of rotatable bonds is 2. The molecule has 1 aromatic rings. The molecule has 1 atom stereocenters. The molecule has 1 fully saturated rings. The summed E-state index contributed by atoms with van der Waals surface area (Å²) in [6, 6.07) is 1.98. The van der Waals surface area contributed by atoms with E-state index < -0.39 is 0 Å². The van der Waals surface area contributed by atoms with Crippen molar-refractivity contribution in [2.75, 3.05) is 18.1 Å². The molecular weight excluding hydrogens is 206 g/mol. The lowest BCUT2D eigenvalue weighted by molar-refractivity contribution is 0.661. The average Bonchev–Trinajstić information content (AvgIpc) is 2.29. The van der Waals surface area contributed by atoms with Gasteiger partial charge in [0.1, 0.15) is 11.6 Å². The van der Waals surface area contributed by atoms with E-state index in [1.54, 1.807) is 0 Å². The molecule has 15 heavy (non-hydrogen) atoms. The van der Waals surface area contributed by atoms with E-state index >= 15 is 0 Å². The zero-order valence-corrected chi connectivity index (χ0v) is 10.1. The number of hydrogen-bond acceptors (Lipinski definition) is 4. The monoisotopic (exact) mass is 223 g/mol. The van der Waals surface area contributed by atoms with Crippen LogP contribution in [0.5, 0.6) is 0 Å². The number of hydrogen-bond donors (Lipinski definition) is 1. The second kappa shape index (κ2) is 4.84. The topological polar surface area (TPSA) is 37.8 Å². The van der Waals surface area contributed by atoms with E-state index in [0.717, 1.165) is 17.3 Å². The molecule has 1 unspecified atom stereocenters. The Hall–Kier alpha value is -0.770. The van der Waals surface area contributed by atoms with Crippen molar-refractivity contribution in [1.29, 1.82) is 0 Å². The highest BCUT2D eigenvalue weighted by Gasteiger charge is 2.19. The van der Waals surface area contributed by atoms with Crippen LogP contribution in [0.4, 0.5) is 5.82 Å². The van der Waals surface area contributed by atoms with Crippen LogP contribution in [0, 0.1) is 6.92 Å². The molecule has 82 valence electrons. The van der Waals surface area contributed by atoms with Gasteiger partial charge in [0.25, 0.3) is 0 Å². The van der Waals surface area contributed by atoms with Crippen molar-refractivity contribution in [1.82, 2.24) is 9.97 Å². The number of anilines is 1. The third-order valence-corrected chi connectivity index (χ3v) is 3.97. The summed E-state index contributed by atoms with van der Waals surface area (Å²) < 4.78 is 0. The second-order valence-corrected chi connectivity index (χ2v) is 5.17. The fourth-order valence-corrected chi connectivity index (χ4v) is 3.05. The molecule has 0 aromatic carbocycles. The Morgan fingerprint density at radius 3 is 2.93 bits per heavy atom. The smallest absolute Gasteiger partial charge is 0.143 e. The maximum absolute atomic E-state index is 4.53. The molecule has 0 saturated carbocycles. The fraction of sp³-hybridized carbons (Fsp3) is 0.636. The summed E-state index contributed by atoms with van der Waals surface area (Å²) in [4.78, 5) is 9.07. The van der Waals surface area contributed by atoms with Gasteiger partial charge in [-0.2, -0.15) is 11.8 Å². The predicted octanol–water partition coefficient (Wildman–Crippen LogP) is 2.78. The second-order valence-electron chi connectivity index (χ2n) is 3.86. The minimum absolute atomic E-state index is 0.505. The van der Waals surface area contributed by atoms with Gasteiger partial charge in [0.2, 0.25) is 0 Å².